The van der Waals surface area contributed by atoms with Crippen LogP contribution in [0.2, 0.25) is 0 Å². The Morgan fingerprint density at radius 1 is 1.31 bits per heavy atom. The quantitative estimate of drug-likeness (QED) is 0.469. The van der Waals surface area contributed by atoms with Crippen LogP contribution in [0.1, 0.15) is 40.0 Å². The highest BCUT2D eigenvalue weighted by molar-refractivity contribution is 5.02. The third kappa shape index (κ3) is 9.35. The molecule has 1 heteroatoms. The van der Waals surface area contributed by atoms with E-state index in [1.165, 1.54) is 17.6 Å². The highest BCUT2D eigenvalue weighted by Gasteiger charge is 1.90. The van der Waals surface area contributed by atoms with Gasteiger partial charge < -0.3 is 5.32 Å². The maximum atomic E-state index is 3.90. The van der Waals surface area contributed by atoms with Crippen LogP contribution >= 0.6 is 0 Å². The number of rotatable bonds is 7. The van der Waals surface area contributed by atoms with Gasteiger partial charge in [-0.05, 0) is 46.2 Å². The molecule has 76 valence electrons. The summed E-state index contributed by atoms with van der Waals surface area (Å²) < 4.78 is 0. The number of allylic oxidation sites excluding steroid dienone is 2. The molecule has 0 aliphatic rings. The van der Waals surface area contributed by atoms with Gasteiger partial charge >= 0.3 is 0 Å². The Kier molecular flexibility index (Phi) is 7.71. The van der Waals surface area contributed by atoms with Crippen LogP contribution in [0, 0.1) is 0 Å². The zero-order valence-corrected chi connectivity index (χ0v) is 9.32. The first-order chi connectivity index (χ1) is 6.16. The van der Waals surface area contributed by atoms with Crippen molar-refractivity contribution >= 4 is 0 Å². The Morgan fingerprint density at radius 2 is 2.00 bits per heavy atom. The molecule has 0 unspecified atom stereocenters. The van der Waals surface area contributed by atoms with E-state index in [4.69, 9.17) is 0 Å². The van der Waals surface area contributed by atoms with Gasteiger partial charge in [-0.2, -0.15) is 0 Å². The van der Waals surface area contributed by atoms with Crippen molar-refractivity contribution in [1.29, 1.82) is 0 Å². The van der Waals surface area contributed by atoms with E-state index in [0.29, 0.717) is 0 Å². The van der Waals surface area contributed by atoms with Crippen molar-refractivity contribution in [3.05, 3.63) is 23.8 Å². The predicted molar refractivity (Wildman–Crippen MR) is 61.0 cm³/mol. The lowest BCUT2D eigenvalue weighted by Crippen LogP contribution is -2.13. The van der Waals surface area contributed by atoms with Crippen molar-refractivity contribution in [3.8, 4) is 0 Å². The van der Waals surface area contributed by atoms with Crippen molar-refractivity contribution in [2.75, 3.05) is 13.1 Å². The average molecular weight is 181 g/mol. The van der Waals surface area contributed by atoms with Gasteiger partial charge in [0.2, 0.25) is 0 Å². The van der Waals surface area contributed by atoms with Crippen LogP contribution in [0.5, 0.6) is 0 Å². The molecule has 0 bridgehead atoms. The molecule has 0 aromatic heterocycles. The van der Waals surface area contributed by atoms with E-state index in [-0.39, 0.29) is 0 Å². The summed E-state index contributed by atoms with van der Waals surface area (Å²) in [6.45, 7) is 12.5. The molecule has 0 aromatic rings. The van der Waals surface area contributed by atoms with Crippen LogP contribution in [-0.4, -0.2) is 13.1 Å². The van der Waals surface area contributed by atoms with Crippen LogP contribution in [0.15, 0.2) is 23.8 Å². The lowest BCUT2D eigenvalue weighted by Gasteiger charge is -2.01. The second kappa shape index (κ2) is 8.06. The third-order valence-corrected chi connectivity index (χ3v) is 2.01. The molecule has 1 nitrogen and oxygen atoms in total. The zero-order valence-electron chi connectivity index (χ0n) is 9.32. The second-order valence-electron chi connectivity index (χ2n) is 3.65. The summed E-state index contributed by atoms with van der Waals surface area (Å²) in [5.41, 5.74) is 2.76. The van der Waals surface area contributed by atoms with E-state index < -0.39 is 0 Å². The Bertz CT molecular complexity index is 168. The zero-order chi connectivity index (χ0) is 10.1. The maximum Gasteiger partial charge on any atom is -0.00143 e. The first-order valence-corrected chi connectivity index (χ1v) is 5.17. The standard InChI is InChI=1S/C12H23N/c1-5-13-10-6-7-12(4)9-8-11(2)3/h7,13H,2,5-6,8-10H2,1,3-4H3/b12-7-. The molecule has 0 radical (unpaired) electrons. The van der Waals surface area contributed by atoms with Crippen molar-refractivity contribution < 1.29 is 0 Å². The number of hydrogen-bond donors (Lipinski definition) is 1. The largest absolute Gasteiger partial charge is 0.317 e. The van der Waals surface area contributed by atoms with Crippen molar-refractivity contribution in [3.63, 3.8) is 0 Å². The van der Waals surface area contributed by atoms with E-state index in [1.807, 2.05) is 0 Å². The van der Waals surface area contributed by atoms with Crippen molar-refractivity contribution in [1.82, 2.24) is 5.32 Å². The van der Waals surface area contributed by atoms with Gasteiger partial charge in [-0.25, -0.2) is 0 Å². The fourth-order valence-electron chi connectivity index (χ4n) is 1.11. The molecule has 0 rings (SSSR count). The molecular weight excluding hydrogens is 158 g/mol. The van der Waals surface area contributed by atoms with Crippen LogP contribution in [0.3, 0.4) is 0 Å². The van der Waals surface area contributed by atoms with Crippen LogP contribution in [-0.2, 0) is 0 Å². The summed E-state index contributed by atoms with van der Waals surface area (Å²) in [4.78, 5) is 0. The fraction of sp³-hybridized carbons (Fsp3) is 0.667. The molecule has 0 spiro atoms. The van der Waals surface area contributed by atoms with Gasteiger partial charge in [0.05, 0.1) is 0 Å². The van der Waals surface area contributed by atoms with E-state index >= 15 is 0 Å². The molecular formula is C12H23N. The highest BCUT2D eigenvalue weighted by Crippen LogP contribution is 2.09. The second-order valence-corrected chi connectivity index (χ2v) is 3.65. The molecule has 0 aliphatic heterocycles. The smallest absolute Gasteiger partial charge is 0.00143 e. The van der Waals surface area contributed by atoms with Crippen LogP contribution < -0.4 is 5.32 Å². The summed E-state index contributed by atoms with van der Waals surface area (Å²) in [6.07, 6.45) is 5.77. The molecule has 13 heavy (non-hydrogen) atoms. The van der Waals surface area contributed by atoms with E-state index in [9.17, 15) is 0 Å². The molecule has 0 aromatic carbocycles. The Hall–Kier alpha value is -0.560. The molecule has 0 fully saturated rings. The number of nitrogens with one attached hydrogen (secondary N) is 1. The molecule has 1 N–H and O–H groups in total. The van der Waals surface area contributed by atoms with Gasteiger partial charge in [0.25, 0.3) is 0 Å². The van der Waals surface area contributed by atoms with Gasteiger partial charge in [0.15, 0.2) is 0 Å². The normalized spacial score (nSPS) is 11.8. The highest BCUT2D eigenvalue weighted by atomic mass is 14.8. The Labute approximate surface area is 82.9 Å². The molecule has 0 saturated carbocycles. The molecule has 0 amide bonds. The van der Waals surface area contributed by atoms with Crippen LogP contribution in [0.25, 0.3) is 0 Å². The minimum atomic E-state index is 1.07. The Balaban J connectivity index is 3.45. The van der Waals surface area contributed by atoms with Gasteiger partial charge in [-0.3, -0.25) is 0 Å². The predicted octanol–water partition coefficient (Wildman–Crippen LogP) is 3.29. The van der Waals surface area contributed by atoms with E-state index in [0.717, 1.165) is 25.9 Å². The van der Waals surface area contributed by atoms with Crippen molar-refractivity contribution in [2.45, 2.75) is 40.0 Å². The first kappa shape index (κ1) is 12.4. The summed E-state index contributed by atoms with van der Waals surface area (Å²) in [5.74, 6) is 0. The fourth-order valence-corrected chi connectivity index (χ4v) is 1.11. The summed E-state index contributed by atoms with van der Waals surface area (Å²) >= 11 is 0. The third-order valence-electron chi connectivity index (χ3n) is 2.01. The summed E-state index contributed by atoms with van der Waals surface area (Å²) in [6, 6.07) is 0. The summed E-state index contributed by atoms with van der Waals surface area (Å²) in [5, 5.41) is 3.31. The SMILES string of the molecule is C=C(C)CC/C(C)=C\CCNCC. The summed E-state index contributed by atoms with van der Waals surface area (Å²) in [7, 11) is 0. The van der Waals surface area contributed by atoms with Gasteiger partial charge in [-0.1, -0.05) is 24.1 Å². The topological polar surface area (TPSA) is 12.0 Å². The van der Waals surface area contributed by atoms with Crippen LogP contribution in [0.4, 0.5) is 0 Å². The van der Waals surface area contributed by atoms with Gasteiger partial charge in [0.1, 0.15) is 0 Å². The molecule has 0 heterocycles. The molecule has 0 atom stereocenters. The van der Waals surface area contributed by atoms with E-state index in [1.54, 1.807) is 0 Å². The first-order valence-electron chi connectivity index (χ1n) is 5.17. The minimum absolute atomic E-state index is 1.07. The minimum Gasteiger partial charge on any atom is -0.317 e. The average Bonchev–Trinajstić information content (AvgIpc) is 2.09. The maximum absolute atomic E-state index is 3.90. The van der Waals surface area contributed by atoms with E-state index in [2.05, 4.69) is 38.7 Å². The lowest BCUT2D eigenvalue weighted by atomic mass is 10.1. The van der Waals surface area contributed by atoms with Gasteiger partial charge in [0, 0.05) is 0 Å². The molecule has 0 saturated heterocycles. The monoisotopic (exact) mass is 181 g/mol. The van der Waals surface area contributed by atoms with Crippen molar-refractivity contribution in [2.24, 2.45) is 0 Å². The molecule has 0 aliphatic carbocycles. The van der Waals surface area contributed by atoms with Gasteiger partial charge in [-0.15, -0.1) is 6.58 Å². The Morgan fingerprint density at radius 3 is 2.54 bits per heavy atom. The number of hydrogen-bond acceptors (Lipinski definition) is 1. The lowest BCUT2D eigenvalue weighted by molar-refractivity contribution is 0.723.